The summed E-state index contributed by atoms with van der Waals surface area (Å²) in [6.07, 6.45) is 4.88. The zero-order valence-corrected chi connectivity index (χ0v) is 22.9. The highest BCUT2D eigenvalue weighted by Crippen LogP contribution is 2.36. The van der Waals surface area contributed by atoms with E-state index in [1.165, 1.54) is 11.0 Å². The Balaban J connectivity index is 1.61. The quantitative estimate of drug-likeness (QED) is 0.490. The van der Waals surface area contributed by atoms with E-state index in [1.54, 1.807) is 37.3 Å². The van der Waals surface area contributed by atoms with Crippen LogP contribution >= 0.6 is 23.2 Å². The number of halogens is 2. The predicted octanol–water partition coefficient (Wildman–Crippen LogP) is 3.96. The van der Waals surface area contributed by atoms with Gasteiger partial charge in [0.1, 0.15) is 12.6 Å². The van der Waals surface area contributed by atoms with Crippen LogP contribution < -0.4 is 19.1 Å². The van der Waals surface area contributed by atoms with Gasteiger partial charge in [0.05, 0.1) is 11.9 Å². The van der Waals surface area contributed by atoms with Crippen molar-refractivity contribution in [1.82, 2.24) is 10.2 Å². The highest BCUT2D eigenvalue weighted by Gasteiger charge is 2.32. The Morgan fingerprint density at radius 2 is 1.78 bits per heavy atom. The van der Waals surface area contributed by atoms with Gasteiger partial charge in [-0.3, -0.25) is 13.9 Å². The third-order valence-electron chi connectivity index (χ3n) is 6.55. The van der Waals surface area contributed by atoms with Crippen LogP contribution in [0.25, 0.3) is 0 Å². The number of nitrogens with one attached hydrogen (secondary N) is 1. The number of benzene rings is 2. The number of hydrogen-bond acceptors (Lipinski definition) is 6. The van der Waals surface area contributed by atoms with Crippen LogP contribution in [0.2, 0.25) is 10.0 Å². The fraction of sp³-hybridized carbons (Fsp3) is 0.440. The first-order valence-corrected chi connectivity index (χ1v) is 14.5. The summed E-state index contributed by atoms with van der Waals surface area (Å²) >= 11 is 12.4. The van der Waals surface area contributed by atoms with Gasteiger partial charge in [0, 0.05) is 28.7 Å². The Kier molecular flexibility index (Phi) is 8.40. The van der Waals surface area contributed by atoms with Crippen LogP contribution in [0, 0.1) is 0 Å². The van der Waals surface area contributed by atoms with E-state index in [2.05, 4.69) is 5.32 Å². The summed E-state index contributed by atoms with van der Waals surface area (Å²) in [6, 6.07) is 8.70. The minimum absolute atomic E-state index is 0.00711. The molecule has 2 amide bonds. The average molecular weight is 570 g/mol. The average Bonchev–Trinajstić information content (AvgIpc) is 3.52. The van der Waals surface area contributed by atoms with Gasteiger partial charge in [-0.15, -0.1) is 0 Å². The minimum atomic E-state index is -3.87. The molecule has 1 N–H and O–H groups in total. The molecule has 1 aliphatic heterocycles. The number of rotatable bonds is 9. The first-order chi connectivity index (χ1) is 17.5. The summed E-state index contributed by atoms with van der Waals surface area (Å²) in [6.45, 7) is 1.12. The van der Waals surface area contributed by atoms with Crippen molar-refractivity contribution in [3.63, 3.8) is 0 Å². The Hall–Kier alpha value is -2.69. The third-order valence-corrected chi connectivity index (χ3v) is 8.28. The maximum atomic E-state index is 13.7. The molecule has 2 aromatic carbocycles. The topological polar surface area (TPSA) is 105 Å². The summed E-state index contributed by atoms with van der Waals surface area (Å²) in [5.41, 5.74) is 0.821. The molecule has 0 radical (unpaired) electrons. The van der Waals surface area contributed by atoms with E-state index in [0.29, 0.717) is 27.1 Å². The van der Waals surface area contributed by atoms with Crippen LogP contribution in [-0.2, 0) is 26.2 Å². The lowest BCUT2D eigenvalue weighted by Crippen LogP contribution is -2.52. The van der Waals surface area contributed by atoms with Crippen molar-refractivity contribution in [3.05, 3.63) is 52.0 Å². The van der Waals surface area contributed by atoms with E-state index < -0.39 is 28.5 Å². The Labute approximate surface area is 226 Å². The fourth-order valence-electron chi connectivity index (χ4n) is 4.46. The van der Waals surface area contributed by atoms with Crippen molar-refractivity contribution in [1.29, 1.82) is 0 Å². The molecule has 0 saturated heterocycles. The third kappa shape index (κ3) is 6.61. The number of fused-ring (bicyclic) bond motifs is 1. The van der Waals surface area contributed by atoms with Crippen LogP contribution in [0.15, 0.2) is 36.4 Å². The normalized spacial score (nSPS) is 15.9. The molecule has 37 heavy (non-hydrogen) atoms. The molecule has 1 atom stereocenters. The maximum absolute atomic E-state index is 13.7. The number of ether oxygens (including phenoxy) is 2. The van der Waals surface area contributed by atoms with Gasteiger partial charge in [-0.1, -0.05) is 42.1 Å². The maximum Gasteiger partial charge on any atom is 0.244 e. The largest absolute Gasteiger partial charge is 0.454 e. The number of anilines is 1. The van der Waals surface area contributed by atoms with Gasteiger partial charge in [0.25, 0.3) is 0 Å². The standard InChI is InChI=1S/C25H29Cl2N3O6S/c1-16(25(32)28-19-5-3-4-6-19)29(13-17-7-8-18(26)11-21(17)27)24(31)14-30(37(2,33)34)20-9-10-22-23(12-20)36-15-35-22/h7-12,16,19H,3-6,13-15H2,1-2H3,(H,28,32). The van der Waals surface area contributed by atoms with E-state index in [0.717, 1.165) is 36.2 Å². The van der Waals surface area contributed by atoms with Gasteiger partial charge < -0.3 is 19.7 Å². The molecular weight excluding hydrogens is 541 g/mol. The second-order valence-electron chi connectivity index (χ2n) is 9.23. The summed E-state index contributed by atoms with van der Waals surface area (Å²) < 4.78 is 37.1. The lowest BCUT2D eigenvalue weighted by atomic mass is 10.1. The number of hydrogen-bond donors (Lipinski definition) is 1. The van der Waals surface area contributed by atoms with Gasteiger partial charge in [0.2, 0.25) is 28.6 Å². The molecule has 1 aliphatic carbocycles. The first kappa shape index (κ1) is 27.3. The molecule has 2 aliphatic rings. The van der Waals surface area contributed by atoms with Gasteiger partial charge in [-0.05, 0) is 49.6 Å². The van der Waals surface area contributed by atoms with Gasteiger partial charge in [-0.2, -0.15) is 0 Å². The zero-order valence-electron chi connectivity index (χ0n) is 20.6. The molecule has 9 nitrogen and oxygen atoms in total. The van der Waals surface area contributed by atoms with Crippen LogP contribution in [-0.4, -0.2) is 56.8 Å². The Morgan fingerprint density at radius 3 is 2.46 bits per heavy atom. The van der Waals surface area contributed by atoms with E-state index in [-0.39, 0.29) is 31.0 Å². The lowest BCUT2D eigenvalue weighted by molar-refractivity contribution is -0.139. The van der Waals surface area contributed by atoms with Gasteiger partial charge in [-0.25, -0.2) is 8.42 Å². The smallest absolute Gasteiger partial charge is 0.244 e. The summed E-state index contributed by atoms with van der Waals surface area (Å²) in [5, 5.41) is 3.79. The van der Waals surface area contributed by atoms with Crippen LogP contribution in [0.3, 0.4) is 0 Å². The lowest BCUT2D eigenvalue weighted by Gasteiger charge is -2.32. The van der Waals surface area contributed by atoms with Crippen LogP contribution in [0.4, 0.5) is 5.69 Å². The second-order valence-corrected chi connectivity index (χ2v) is 12.0. The Morgan fingerprint density at radius 1 is 1.08 bits per heavy atom. The van der Waals surface area contributed by atoms with Crippen LogP contribution in [0.5, 0.6) is 11.5 Å². The molecule has 12 heteroatoms. The van der Waals surface area contributed by atoms with Gasteiger partial charge in [0.15, 0.2) is 11.5 Å². The second kappa shape index (κ2) is 11.4. The summed E-state index contributed by atoms with van der Waals surface area (Å²) in [5.74, 6) is -0.00467. The van der Waals surface area contributed by atoms with Crippen molar-refractivity contribution < 1.29 is 27.5 Å². The number of carbonyl (C=O) groups excluding carboxylic acids is 2. The fourth-order valence-corrected chi connectivity index (χ4v) is 5.77. The van der Waals surface area contributed by atoms with E-state index in [9.17, 15) is 18.0 Å². The van der Waals surface area contributed by atoms with Crippen molar-refractivity contribution in [2.75, 3.05) is 23.9 Å². The molecule has 1 saturated carbocycles. The Bertz CT molecular complexity index is 1280. The van der Waals surface area contributed by atoms with Crippen molar-refractivity contribution in [2.45, 2.75) is 51.2 Å². The zero-order chi connectivity index (χ0) is 26.7. The molecule has 0 bridgehead atoms. The molecule has 0 aromatic heterocycles. The molecule has 1 unspecified atom stereocenters. The SMILES string of the molecule is CC(C(=O)NC1CCCC1)N(Cc1ccc(Cl)cc1Cl)C(=O)CN(c1ccc2c(c1)OCO2)S(C)(=O)=O. The monoisotopic (exact) mass is 569 g/mol. The van der Waals surface area contributed by atoms with E-state index in [4.69, 9.17) is 32.7 Å². The number of nitrogens with zero attached hydrogens (tertiary/aromatic N) is 2. The molecule has 1 heterocycles. The number of amides is 2. The minimum Gasteiger partial charge on any atom is -0.454 e. The predicted molar refractivity (Wildman–Crippen MR) is 142 cm³/mol. The molecular formula is C25H29Cl2N3O6S. The van der Waals surface area contributed by atoms with Crippen molar-refractivity contribution >= 4 is 50.7 Å². The molecule has 4 rings (SSSR count). The van der Waals surface area contributed by atoms with E-state index >= 15 is 0 Å². The number of carbonyl (C=O) groups is 2. The molecule has 2 aromatic rings. The summed E-state index contributed by atoms with van der Waals surface area (Å²) in [7, 11) is -3.87. The van der Waals surface area contributed by atoms with Crippen molar-refractivity contribution in [2.24, 2.45) is 0 Å². The summed E-state index contributed by atoms with van der Waals surface area (Å²) in [4.78, 5) is 28.2. The van der Waals surface area contributed by atoms with Gasteiger partial charge >= 0.3 is 0 Å². The highest BCUT2D eigenvalue weighted by atomic mass is 35.5. The molecule has 1 fully saturated rings. The first-order valence-electron chi connectivity index (χ1n) is 11.9. The van der Waals surface area contributed by atoms with Crippen molar-refractivity contribution in [3.8, 4) is 11.5 Å². The highest BCUT2D eigenvalue weighted by molar-refractivity contribution is 7.92. The van der Waals surface area contributed by atoms with E-state index in [1.807, 2.05) is 0 Å². The van der Waals surface area contributed by atoms with Crippen LogP contribution in [0.1, 0.15) is 38.2 Å². The molecule has 200 valence electrons. The number of sulfonamides is 1. The molecule has 0 spiro atoms.